The normalized spacial score (nSPS) is 11.5. The molecule has 0 aliphatic rings. The predicted molar refractivity (Wildman–Crippen MR) is 75.9 cm³/mol. The third-order valence-electron chi connectivity index (χ3n) is 2.85. The van der Waals surface area contributed by atoms with E-state index >= 15 is 0 Å². The Morgan fingerprint density at radius 3 is 2.65 bits per heavy atom. The summed E-state index contributed by atoms with van der Waals surface area (Å²) in [6, 6.07) is 6.12. The molecule has 2 nitrogen and oxygen atoms in total. The van der Waals surface area contributed by atoms with Gasteiger partial charge < -0.3 is 10.2 Å². The van der Waals surface area contributed by atoms with Gasteiger partial charge in [0.25, 0.3) is 0 Å². The molecule has 0 spiro atoms. The predicted octanol–water partition coefficient (Wildman–Crippen LogP) is 3.42. The maximum Gasteiger partial charge on any atom is 0.0451 e. The van der Waals surface area contributed by atoms with E-state index < -0.39 is 0 Å². The molecule has 1 aromatic rings. The van der Waals surface area contributed by atoms with Gasteiger partial charge in [-0.25, -0.2) is 0 Å². The largest absolute Gasteiger partial charge is 0.311 e. The molecule has 0 aliphatic heterocycles. The van der Waals surface area contributed by atoms with Crippen molar-refractivity contribution in [1.82, 2.24) is 10.2 Å². The van der Waals surface area contributed by atoms with Crippen molar-refractivity contribution in [3.8, 4) is 0 Å². The Hall–Kier alpha value is -0.280. The van der Waals surface area contributed by atoms with Crippen molar-refractivity contribution < 1.29 is 0 Å². The fraction of sp³-hybridized carbons (Fsp3) is 0.538. The van der Waals surface area contributed by atoms with Crippen LogP contribution in [0.1, 0.15) is 19.4 Å². The van der Waals surface area contributed by atoms with Gasteiger partial charge in [-0.2, -0.15) is 0 Å². The fourth-order valence-electron chi connectivity index (χ4n) is 1.42. The first-order valence-electron chi connectivity index (χ1n) is 5.85. The quantitative estimate of drug-likeness (QED) is 0.800. The number of benzene rings is 1. The summed E-state index contributed by atoms with van der Waals surface area (Å²) >= 11 is 12.0. The van der Waals surface area contributed by atoms with Crippen molar-refractivity contribution in [1.29, 1.82) is 0 Å². The van der Waals surface area contributed by atoms with Gasteiger partial charge in [-0.1, -0.05) is 23.2 Å². The van der Waals surface area contributed by atoms with Crippen LogP contribution in [0.3, 0.4) is 0 Å². The Labute approximate surface area is 114 Å². The molecule has 1 rings (SSSR count). The lowest BCUT2D eigenvalue weighted by Gasteiger charge is -2.21. The number of hydrogen-bond donors (Lipinski definition) is 1. The minimum absolute atomic E-state index is 0.576. The first kappa shape index (κ1) is 14.8. The molecule has 0 unspecified atom stereocenters. The average Bonchev–Trinajstić information content (AvgIpc) is 2.28. The Kier molecular flexibility index (Phi) is 6.28. The van der Waals surface area contributed by atoms with Crippen LogP contribution in [0, 0.1) is 0 Å². The summed E-state index contributed by atoms with van der Waals surface area (Å²) < 4.78 is 0. The molecule has 0 aliphatic carbocycles. The summed E-state index contributed by atoms with van der Waals surface area (Å²) in [7, 11) is 2.12. The monoisotopic (exact) mass is 274 g/mol. The van der Waals surface area contributed by atoms with Crippen molar-refractivity contribution >= 4 is 23.2 Å². The Balaban J connectivity index is 2.33. The molecule has 1 N–H and O–H groups in total. The Morgan fingerprint density at radius 1 is 1.29 bits per heavy atom. The first-order chi connectivity index (χ1) is 8.00. The molecule has 96 valence electrons. The molecule has 0 bridgehead atoms. The SMILES string of the molecule is CC(C)N(C)CCNCc1cc(Cl)ccc1Cl. The molecule has 0 radical (unpaired) electrons. The van der Waals surface area contributed by atoms with Crippen LogP contribution in [-0.2, 0) is 6.54 Å². The van der Waals surface area contributed by atoms with E-state index in [-0.39, 0.29) is 0 Å². The Bertz CT molecular complexity index is 353. The lowest BCUT2D eigenvalue weighted by Crippen LogP contribution is -2.33. The molecular formula is C13H20Cl2N2. The van der Waals surface area contributed by atoms with E-state index in [2.05, 4.69) is 31.1 Å². The van der Waals surface area contributed by atoms with E-state index in [1.807, 2.05) is 12.1 Å². The minimum Gasteiger partial charge on any atom is -0.311 e. The van der Waals surface area contributed by atoms with Crippen LogP contribution in [0.25, 0.3) is 0 Å². The van der Waals surface area contributed by atoms with Crippen molar-refractivity contribution in [2.24, 2.45) is 0 Å². The van der Waals surface area contributed by atoms with Crippen molar-refractivity contribution in [2.75, 3.05) is 20.1 Å². The highest BCUT2D eigenvalue weighted by molar-refractivity contribution is 6.33. The van der Waals surface area contributed by atoms with Gasteiger partial charge in [-0.3, -0.25) is 0 Å². The number of nitrogens with one attached hydrogen (secondary N) is 1. The van der Waals surface area contributed by atoms with Gasteiger partial charge >= 0.3 is 0 Å². The highest BCUT2D eigenvalue weighted by atomic mass is 35.5. The van der Waals surface area contributed by atoms with Crippen molar-refractivity contribution in [3.05, 3.63) is 33.8 Å². The molecule has 0 fully saturated rings. The summed E-state index contributed by atoms with van der Waals surface area (Å²) in [6.45, 7) is 7.10. The number of likely N-dealkylation sites (N-methyl/N-ethyl adjacent to an activating group) is 1. The van der Waals surface area contributed by atoms with Crippen molar-refractivity contribution in [3.63, 3.8) is 0 Å². The van der Waals surface area contributed by atoms with Gasteiger partial charge in [0.2, 0.25) is 0 Å². The number of rotatable bonds is 6. The van der Waals surface area contributed by atoms with E-state index in [0.29, 0.717) is 6.04 Å². The second-order valence-corrected chi connectivity index (χ2v) is 5.33. The van der Waals surface area contributed by atoms with E-state index in [4.69, 9.17) is 23.2 Å². The van der Waals surface area contributed by atoms with E-state index in [9.17, 15) is 0 Å². The maximum atomic E-state index is 6.08. The molecule has 0 aromatic heterocycles. The number of halogens is 2. The zero-order valence-electron chi connectivity index (χ0n) is 10.6. The smallest absolute Gasteiger partial charge is 0.0451 e. The van der Waals surface area contributed by atoms with Gasteiger partial charge in [-0.15, -0.1) is 0 Å². The summed E-state index contributed by atoms with van der Waals surface area (Å²) in [4.78, 5) is 2.30. The van der Waals surface area contributed by atoms with Gasteiger partial charge in [-0.05, 0) is 44.7 Å². The molecule has 0 heterocycles. The van der Waals surface area contributed by atoms with Crippen LogP contribution in [0.2, 0.25) is 10.0 Å². The minimum atomic E-state index is 0.576. The first-order valence-corrected chi connectivity index (χ1v) is 6.61. The van der Waals surface area contributed by atoms with Crippen LogP contribution in [0.15, 0.2) is 18.2 Å². The molecular weight excluding hydrogens is 255 g/mol. The summed E-state index contributed by atoms with van der Waals surface area (Å²) in [5, 5.41) is 4.86. The van der Waals surface area contributed by atoms with Crippen LogP contribution in [0.4, 0.5) is 0 Å². The average molecular weight is 275 g/mol. The molecule has 1 aromatic carbocycles. The van der Waals surface area contributed by atoms with Crippen LogP contribution in [0.5, 0.6) is 0 Å². The third kappa shape index (κ3) is 5.26. The lowest BCUT2D eigenvalue weighted by molar-refractivity contribution is 0.273. The lowest BCUT2D eigenvalue weighted by atomic mass is 10.2. The highest BCUT2D eigenvalue weighted by Crippen LogP contribution is 2.20. The standard InChI is InChI=1S/C13H20Cl2N2/c1-10(2)17(3)7-6-16-9-11-8-12(14)4-5-13(11)15/h4-5,8,10,16H,6-7,9H2,1-3H3. The molecule has 0 amide bonds. The van der Waals surface area contributed by atoms with Gasteiger partial charge in [0.1, 0.15) is 0 Å². The van der Waals surface area contributed by atoms with Crippen molar-refractivity contribution in [2.45, 2.75) is 26.4 Å². The second kappa shape index (κ2) is 7.22. The fourth-order valence-corrected chi connectivity index (χ4v) is 1.79. The Morgan fingerprint density at radius 2 is 2.00 bits per heavy atom. The van der Waals surface area contributed by atoms with Gasteiger partial charge in [0.05, 0.1) is 0 Å². The summed E-state index contributed by atoms with van der Waals surface area (Å²) in [5.41, 5.74) is 1.05. The summed E-state index contributed by atoms with van der Waals surface area (Å²) in [6.07, 6.45) is 0. The zero-order chi connectivity index (χ0) is 12.8. The van der Waals surface area contributed by atoms with Gasteiger partial charge in [0.15, 0.2) is 0 Å². The van der Waals surface area contributed by atoms with Crippen LogP contribution in [-0.4, -0.2) is 31.1 Å². The number of hydrogen-bond acceptors (Lipinski definition) is 2. The zero-order valence-corrected chi connectivity index (χ0v) is 12.1. The summed E-state index contributed by atoms with van der Waals surface area (Å²) in [5.74, 6) is 0. The number of nitrogens with zero attached hydrogens (tertiary/aromatic N) is 1. The molecule has 0 atom stereocenters. The molecule has 4 heteroatoms. The van der Waals surface area contributed by atoms with Crippen LogP contribution >= 0.6 is 23.2 Å². The van der Waals surface area contributed by atoms with E-state index in [1.165, 1.54) is 0 Å². The van der Waals surface area contributed by atoms with E-state index in [1.54, 1.807) is 6.07 Å². The van der Waals surface area contributed by atoms with Crippen LogP contribution < -0.4 is 5.32 Å². The van der Waals surface area contributed by atoms with E-state index in [0.717, 1.165) is 35.2 Å². The third-order valence-corrected chi connectivity index (χ3v) is 3.45. The molecule has 0 saturated carbocycles. The topological polar surface area (TPSA) is 15.3 Å². The highest BCUT2D eigenvalue weighted by Gasteiger charge is 2.03. The van der Waals surface area contributed by atoms with Gasteiger partial charge in [0, 0.05) is 35.7 Å². The molecule has 0 saturated heterocycles. The molecule has 17 heavy (non-hydrogen) atoms. The second-order valence-electron chi connectivity index (χ2n) is 4.49. The maximum absolute atomic E-state index is 6.08.